The molecular weight excluding hydrogens is 368 g/mol. The third-order valence-electron chi connectivity index (χ3n) is 5.17. The van der Waals surface area contributed by atoms with Gasteiger partial charge < -0.3 is 10.2 Å². The van der Waals surface area contributed by atoms with Crippen LogP contribution in [0.2, 0.25) is 0 Å². The van der Waals surface area contributed by atoms with E-state index in [4.69, 9.17) is 0 Å². The van der Waals surface area contributed by atoms with Gasteiger partial charge in [0, 0.05) is 29.6 Å². The molecule has 1 saturated heterocycles. The van der Waals surface area contributed by atoms with Gasteiger partial charge in [-0.3, -0.25) is 9.59 Å². The maximum atomic E-state index is 12.5. The summed E-state index contributed by atoms with van der Waals surface area (Å²) >= 11 is 1.58. The zero-order valence-electron chi connectivity index (χ0n) is 16.6. The average Bonchev–Trinajstić information content (AvgIpc) is 2.73. The second-order valence-corrected chi connectivity index (χ2v) is 8.57. The molecule has 1 aliphatic rings. The van der Waals surface area contributed by atoms with Crippen LogP contribution in [0.4, 0.5) is 5.69 Å². The van der Waals surface area contributed by atoms with E-state index in [0.29, 0.717) is 24.8 Å². The Morgan fingerprint density at radius 2 is 1.68 bits per heavy atom. The molecule has 3 rings (SSSR count). The predicted octanol–water partition coefficient (Wildman–Crippen LogP) is 4.78. The summed E-state index contributed by atoms with van der Waals surface area (Å²) in [5.74, 6) is 1.14. The van der Waals surface area contributed by atoms with Crippen molar-refractivity contribution < 1.29 is 9.59 Å². The highest BCUT2D eigenvalue weighted by Crippen LogP contribution is 2.24. The van der Waals surface area contributed by atoms with Crippen molar-refractivity contribution in [2.75, 3.05) is 24.2 Å². The van der Waals surface area contributed by atoms with E-state index in [1.54, 1.807) is 11.8 Å². The number of hydrogen-bond donors (Lipinski definition) is 1. The molecule has 4 nitrogen and oxygen atoms in total. The number of nitrogens with one attached hydrogen (secondary N) is 1. The molecule has 1 aliphatic heterocycles. The maximum absolute atomic E-state index is 12.5. The van der Waals surface area contributed by atoms with Crippen LogP contribution >= 0.6 is 11.8 Å². The molecule has 28 heavy (non-hydrogen) atoms. The summed E-state index contributed by atoms with van der Waals surface area (Å²) in [4.78, 5) is 27.9. The third kappa shape index (κ3) is 5.61. The molecule has 0 bridgehead atoms. The van der Waals surface area contributed by atoms with Crippen LogP contribution in [0.5, 0.6) is 0 Å². The number of rotatable bonds is 6. The highest BCUT2D eigenvalue weighted by Gasteiger charge is 2.27. The fourth-order valence-corrected chi connectivity index (χ4v) is 4.14. The molecule has 1 heterocycles. The molecule has 0 radical (unpaired) electrons. The monoisotopic (exact) mass is 396 g/mol. The summed E-state index contributed by atoms with van der Waals surface area (Å²) in [6.07, 6.45) is 1.44. The van der Waals surface area contributed by atoms with E-state index in [9.17, 15) is 9.59 Å². The fraction of sp³-hybridized carbons (Fsp3) is 0.391. The largest absolute Gasteiger partial charge is 0.342 e. The molecule has 148 valence electrons. The van der Waals surface area contributed by atoms with Crippen LogP contribution in [0.15, 0.2) is 59.5 Å². The summed E-state index contributed by atoms with van der Waals surface area (Å²) in [6.45, 7) is 5.65. The van der Waals surface area contributed by atoms with Crippen molar-refractivity contribution in [2.45, 2.75) is 37.5 Å². The SMILES string of the molecule is CC(C)c1ccc(SCC(=O)N2CCC(C(=O)Nc3ccccc3)CC2)cc1. The predicted molar refractivity (Wildman–Crippen MR) is 116 cm³/mol. The Morgan fingerprint density at radius 1 is 1.04 bits per heavy atom. The van der Waals surface area contributed by atoms with Crippen molar-refractivity contribution in [1.29, 1.82) is 0 Å². The lowest BCUT2D eigenvalue weighted by molar-refractivity contribution is -0.132. The van der Waals surface area contributed by atoms with Gasteiger partial charge in [0.1, 0.15) is 0 Å². The molecule has 5 heteroatoms. The molecule has 1 N–H and O–H groups in total. The van der Waals surface area contributed by atoms with Crippen LogP contribution in [0.25, 0.3) is 0 Å². The van der Waals surface area contributed by atoms with Crippen molar-refractivity contribution in [3.8, 4) is 0 Å². The number of amides is 2. The summed E-state index contributed by atoms with van der Waals surface area (Å²) in [5, 5.41) is 2.97. The second-order valence-electron chi connectivity index (χ2n) is 7.52. The van der Waals surface area contributed by atoms with Gasteiger partial charge in [0.05, 0.1) is 5.75 Å². The summed E-state index contributed by atoms with van der Waals surface area (Å²) < 4.78 is 0. The van der Waals surface area contributed by atoms with Gasteiger partial charge >= 0.3 is 0 Å². The van der Waals surface area contributed by atoms with Gasteiger partial charge in [-0.15, -0.1) is 11.8 Å². The van der Waals surface area contributed by atoms with Gasteiger partial charge in [0.15, 0.2) is 0 Å². The Hall–Kier alpha value is -2.27. The number of piperidine rings is 1. The number of para-hydroxylation sites is 1. The van der Waals surface area contributed by atoms with Crippen LogP contribution in [-0.4, -0.2) is 35.6 Å². The number of likely N-dealkylation sites (tertiary alicyclic amines) is 1. The fourth-order valence-electron chi connectivity index (χ4n) is 3.34. The van der Waals surface area contributed by atoms with E-state index in [-0.39, 0.29) is 17.7 Å². The van der Waals surface area contributed by atoms with E-state index in [0.717, 1.165) is 23.4 Å². The molecule has 0 spiro atoms. The van der Waals surface area contributed by atoms with Gasteiger partial charge in [-0.25, -0.2) is 0 Å². The van der Waals surface area contributed by atoms with Crippen molar-refractivity contribution in [3.05, 3.63) is 60.2 Å². The maximum Gasteiger partial charge on any atom is 0.232 e. The number of thioether (sulfide) groups is 1. The van der Waals surface area contributed by atoms with Gasteiger partial charge in [-0.05, 0) is 48.6 Å². The number of benzene rings is 2. The minimum atomic E-state index is -0.0273. The Kier molecular flexibility index (Phi) is 7.15. The smallest absolute Gasteiger partial charge is 0.232 e. The van der Waals surface area contributed by atoms with Crippen LogP contribution in [0.3, 0.4) is 0 Å². The Morgan fingerprint density at radius 3 is 2.29 bits per heavy atom. The highest BCUT2D eigenvalue weighted by atomic mass is 32.2. The van der Waals surface area contributed by atoms with E-state index < -0.39 is 0 Å². The molecule has 0 aliphatic carbocycles. The van der Waals surface area contributed by atoms with Gasteiger partial charge in [-0.2, -0.15) is 0 Å². The zero-order chi connectivity index (χ0) is 19.9. The number of anilines is 1. The summed E-state index contributed by atoms with van der Waals surface area (Å²) in [5.41, 5.74) is 2.14. The molecule has 2 aromatic rings. The Balaban J connectivity index is 1.42. The lowest BCUT2D eigenvalue weighted by Gasteiger charge is -2.31. The lowest BCUT2D eigenvalue weighted by Crippen LogP contribution is -2.42. The Labute approximate surface area is 171 Å². The van der Waals surface area contributed by atoms with E-state index in [1.165, 1.54) is 5.56 Å². The first-order chi connectivity index (χ1) is 13.5. The first kappa shape index (κ1) is 20.5. The molecule has 0 saturated carbocycles. The summed E-state index contributed by atoms with van der Waals surface area (Å²) in [7, 11) is 0. The third-order valence-corrected chi connectivity index (χ3v) is 6.17. The quantitative estimate of drug-likeness (QED) is 0.715. The molecule has 1 fully saturated rings. The summed E-state index contributed by atoms with van der Waals surface area (Å²) in [6, 6.07) is 18.0. The number of carbonyl (C=O) groups excluding carboxylic acids is 2. The van der Waals surface area contributed by atoms with Gasteiger partial charge in [0.25, 0.3) is 0 Å². The molecule has 0 atom stereocenters. The first-order valence-electron chi connectivity index (χ1n) is 9.89. The van der Waals surface area contributed by atoms with Crippen LogP contribution in [0.1, 0.15) is 38.2 Å². The van der Waals surface area contributed by atoms with E-state index >= 15 is 0 Å². The van der Waals surface area contributed by atoms with Crippen LogP contribution in [-0.2, 0) is 9.59 Å². The van der Waals surface area contributed by atoms with Crippen LogP contribution < -0.4 is 5.32 Å². The average molecular weight is 397 g/mol. The minimum Gasteiger partial charge on any atom is -0.342 e. The van der Waals surface area contributed by atoms with Gasteiger partial charge in [0.2, 0.25) is 11.8 Å². The second kappa shape index (κ2) is 9.78. The van der Waals surface area contributed by atoms with E-state index in [1.807, 2.05) is 35.2 Å². The molecule has 0 aromatic heterocycles. The van der Waals surface area contributed by atoms with Crippen LogP contribution in [0, 0.1) is 5.92 Å². The lowest BCUT2D eigenvalue weighted by atomic mass is 9.96. The standard InChI is InChI=1S/C23H28N2O2S/c1-17(2)18-8-10-21(11-9-18)28-16-22(26)25-14-12-19(13-15-25)23(27)24-20-6-4-3-5-7-20/h3-11,17,19H,12-16H2,1-2H3,(H,24,27). The molecule has 2 amide bonds. The number of hydrogen-bond acceptors (Lipinski definition) is 3. The minimum absolute atomic E-state index is 0.0273. The van der Waals surface area contributed by atoms with Crippen molar-refractivity contribution in [1.82, 2.24) is 4.90 Å². The topological polar surface area (TPSA) is 49.4 Å². The van der Waals surface area contributed by atoms with E-state index in [2.05, 4.69) is 43.4 Å². The zero-order valence-corrected chi connectivity index (χ0v) is 17.4. The molecular formula is C23H28N2O2S. The normalized spacial score (nSPS) is 14.9. The number of carbonyl (C=O) groups is 2. The van der Waals surface area contributed by atoms with Crippen molar-refractivity contribution in [2.24, 2.45) is 5.92 Å². The van der Waals surface area contributed by atoms with Gasteiger partial charge in [-0.1, -0.05) is 44.2 Å². The van der Waals surface area contributed by atoms with Crippen molar-refractivity contribution >= 4 is 29.3 Å². The first-order valence-corrected chi connectivity index (χ1v) is 10.9. The molecule has 2 aromatic carbocycles. The van der Waals surface area contributed by atoms with Crippen molar-refractivity contribution in [3.63, 3.8) is 0 Å². The highest BCUT2D eigenvalue weighted by molar-refractivity contribution is 8.00. The molecule has 0 unspecified atom stereocenters. The number of nitrogens with zero attached hydrogens (tertiary/aromatic N) is 1. The Bertz CT molecular complexity index is 782.